The second-order valence-corrected chi connectivity index (χ2v) is 7.42. The summed E-state index contributed by atoms with van der Waals surface area (Å²) in [6.07, 6.45) is 1.62. The molecule has 1 aromatic heterocycles. The maximum absolute atomic E-state index is 13.3. The van der Waals surface area contributed by atoms with E-state index in [0.717, 1.165) is 21.5 Å². The molecule has 0 atom stereocenters. The summed E-state index contributed by atoms with van der Waals surface area (Å²) in [6, 6.07) is 14.4. The average molecular weight is 356 g/mol. The molecule has 0 aliphatic carbocycles. The van der Waals surface area contributed by atoms with Crippen molar-refractivity contribution in [3.63, 3.8) is 0 Å². The molecular formula is C18H13FN2OS2. The van der Waals surface area contributed by atoms with Gasteiger partial charge in [0, 0.05) is 17.1 Å². The second-order valence-electron chi connectivity index (χ2n) is 5.24. The summed E-state index contributed by atoms with van der Waals surface area (Å²) in [5, 5.41) is 0. The number of para-hydroxylation sites is 1. The molecule has 24 heavy (non-hydrogen) atoms. The number of thioether (sulfide) groups is 2. The van der Waals surface area contributed by atoms with Gasteiger partial charge in [0.05, 0.1) is 11.4 Å². The van der Waals surface area contributed by atoms with Gasteiger partial charge in [-0.3, -0.25) is 0 Å². The number of hydrogen-bond donors (Lipinski definition) is 0. The predicted octanol–water partition coefficient (Wildman–Crippen LogP) is 5.65. The van der Waals surface area contributed by atoms with E-state index in [1.807, 2.05) is 18.2 Å². The third kappa shape index (κ3) is 3.39. The maximum Gasteiger partial charge on any atom is 0.226 e. The van der Waals surface area contributed by atoms with Crippen LogP contribution in [-0.4, -0.2) is 9.36 Å². The van der Waals surface area contributed by atoms with Crippen molar-refractivity contribution in [2.24, 2.45) is 4.99 Å². The first-order chi connectivity index (χ1) is 11.8. The third-order valence-corrected chi connectivity index (χ3v) is 5.80. The van der Waals surface area contributed by atoms with Crippen LogP contribution in [0.2, 0.25) is 0 Å². The second kappa shape index (κ2) is 6.83. The largest absolute Gasteiger partial charge is 0.444 e. The number of hydrogen-bond acceptors (Lipinski definition) is 5. The van der Waals surface area contributed by atoms with Crippen LogP contribution in [0.15, 0.2) is 64.2 Å². The summed E-state index contributed by atoms with van der Waals surface area (Å²) in [5.41, 5.74) is 3.77. The van der Waals surface area contributed by atoms with Crippen LogP contribution < -0.4 is 0 Å². The minimum Gasteiger partial charge on any atom is -0.444 e. The smallest absolute Gasteiger partial charge is 0.226 e. The Kier molecular flexibility index (Phi) is 4.40. The van der Waals surface area contributed by atoms with Crippen LogP contribution >= 0.6 is 23.5 Å². The minimum absolute atomic E-state index is 0.298. The van der Waals surface area contributed by atoms with Crippen molar-refractivity contribution in [1.82, 2.24) is 4.98 Å². The summed E-state index contributed by atoms with van der Waals surface area (Å²) >= 11 is 3.38. The van der Waals surface area contributed by atoms with Crippen LogP contribution in [-0.2, 0) is 11.5 Å². The molecule has 1 aliphatic heterocycles. The normalized spacial score (nSPS) is 13.5. The van der Waals surface area contributed by atoms with Gasteiger partial charge in [0.25, 0.3) is 0 Å². The number of aromatic nitrogens is 1. The van der Waals surface area contributed by atoms with E-state index < -0.39 is 0 Å². The van der Waals surface area contributed by atoms with Gasteiger partial charge in [-0.1, -0.05) is 47.8 Å². The maximum atomic E-state index is 13.3. The molecule has 0 fully saturated rings. The fraction of sp³-hybridized carbons (Fsp3) is 0.111. The van der Waals surface area contributed by atoms with E-state index in [1.54, 1.807) is 41.9 Å². The average Bonchev–Trinajstić information content (AvgIpc) is 3.09. The third-order valence-electron chi connectivity index (χ3n) is 3.52. The zero-order valence-corrected chi connectivity index (χ0v) is 14.2. The summed E-state index contributed by atoms with van der Waals surface area (Å²) in [4.78, 5) is 9.10. The molecule has 0 saturated heterocycles. The summed E-state index contributed by atoms with van der Waals surface area (Å²) in [7, 11) is 0. The van der Waals surface area contributed by atoms with Gasteiger partial charge in [0.1, 0.15) is 16.5 Å². The zero-order chi connectivity index (χ0) is 16.4. The Labute approximate surface area is 147 Å². The molecule has 3 aromatic rings. The Hall–Kier alpha value is -2.05. The van der Waals surface area contributed by atoms with E-state index in [0.29, 0.717) is 17.2 Å². The molecule has 0 radical (unpaired) electrons. The molecule has 0 N–H and O–H groups in total. The van der Waals surface area contributed by atoms with Crippen LogP contribution in [0.4, 0.5) is 10.1 Å². The summed E-state index contributed by atoms with van der Waals surface area (Å²) < 4.78 is 19.8. The van der Waals surface area contributed by atoms with Crippen molar-refractivity contribution in [3.8, 4) is 11.5 Å². The first kappa shape index (κ1) is 15.5. The van der Waals surface area contributed by atoms with Gasteiger partial charge in [-0.15, -0.1) is 0 Å². The molecule has 120 valence electrons. The Bertz CT molecular complexity index is 907. The Morgan fingerprint density at radius 2 is 2.08 bits per heavy atom. The molecule has 1 aliphatic rings. The summed E-state index contributed by atoms with van der Waals surface area (Å²) in [6.45, 7) is 0. The monoisotopic (exact) mass is 356 g/mol. The van der Waals surface area contributed by atoms with Crippen LogP contribution in [0.25, 0.3) is 11.5 Å². The lowest BCUT2D eigenvalue weighted by Crippen LogP contribution is -1.96. The lowest BCUT2D eigenvalue weighted by molar-refractivity contribution is 0.571. The highest BCUT2D eigenvalue weighted by Crippen LogP contribution is 2.35. The van der Waals surface area contributed by atoms with E-state index in [9.17, 15) is 4.39 Å². The fourth-order valence-corrected chi connectivity index (χ4v) is 4.29. The molecule has 4 rings (SSSR count). The van der Waals surface area contributed by atoms with E-state index in [-0.39, 0.29) is 5.82 Å². The van der Waals surface area contributed by atoms with E-state index >= 15 is 0 Å². The molecule has 0 saturated carbocycles. The van der Waals surface area contributed by atoms with Crippen molar-refractivity contribution in [1.29, 1.82) is 0 Å². The topological polar surface area (TPSA) is 38.4 Å². The van der Waals surface area contributed by atoms with Crippen LogP contribution in [0, 0.1) is 5.82 Å². The van der Waals surface area contributed by atoms with Crippen LogP contribution in [0.3, 0.4) is 0 Å². The number of halogens is 1. The van der Waals surface area contributed by atoms with E-state index in [4.69, 9.17) is 4.42 Å². The molecule has 2 heterocycles. The minimum atomic E-state index is -0.298. The van der Waals surface area contributed by atoms with Gasteiger partial charge in [0.15, 0.2) is 0 Å². The summed E-state index contributed by atoms with van der Waals surface area (Å²) in [5.74, 6) is 1.75. The Morgan fingerprint density at radius 3 is 3.00 bits per heavy atom. The van der Waals surface area contributed by atoms with Crippen molar-refractivity contribution in [3.05, 3.63) is 71.9 Å². The van der Waals surface area contributed by atoms with Gasteiger partial charge in [-0.05, 0) is 29.8 Å². The first-order valence-corrected chi connectivity index (χ1v) is 9.37. The number of fused-ring (bicyclic) bond motifs is 1. The van der Waals surface area contributed by atoms with Crippen molar-refractivity contribution >= 4 is 33.6 Å². The first-order valence-electron chi connectivity index (χ1n) is 7.40. The number of rotatable bonds is 3. The van der Waals surface area contributed by atoms with Gasteiger partial charge in [-0.25, -0.2) is 14.4 Å². The van der Waals surface area contributed by atoms with Gasteiger partial charge >= 0.3 is 0 Å². The van der Waals surface area contributed by atoms with Gasteiger partial charge in [-0.2, -0.15) is 0 Å². The molecule has 0 unspecified atom stereocenters. The quantitative estimate of drug-likeness (QED) is 0.608. The van der Waals surface area contributed by atoms with Crippen molar-refractivity contribution < 1.29 is 8.81 Å². The SMILES string of the molecule is Fc1cccc(-c2nc(CSC3=Nc4ccccc4CS3)co2)c1. The van der Waals surface area contributed by atoms with Gasteiger partial charge in [0.2, 0.25) is 5.89 Å². The zero-order valence-electron chi connectivity index (χ0n) is 12.6. The molecule has 2 aromatic carbocycles. The van der Waals surface area contributed by atoms with Crippen molar-refractivity contribution in [2.75, 3.05) is 0 Å². The van der Waals surface area contributed by atoms with Crippen molar-refractivity contribution in [2.45, 2.75) is 11.5 Å². The Morgan fingerprint density at radius 1 is 1.17 bits per heavy atom. The van der Waals surface area contributed by atoms with E-state index in [1.165, 1.54) is 17.7 Å². The highest BCUT2D eigenvalue weighted by Gasteiger charge is 2.14. The number of aliphatic imine (C=N–C) groups is 1. The molecule has 0 amide bonds. The van der Waals surface area contributed by atoms with E-state index in [2.05, 4.69) is 16.0 Å². The Balaban J connectivity index is 1.45. The number of oxazole rings is 1. The van der Waals surface area contributed by atoms with Crippen LogP contribution in [0.1, 0.15) is 11.3 Å². The highest BCUT2D eigenvalue weighted by atomic mass is 32.2. The lowest BCUT2D eigenvalue weighted by Gasteiger charge is -2.13. The molecule has 0 bridgehead atoms. The predicted molar refractivity (Wildman–Crippen MR) is 98.0 cm³/mol. The van der Waals surface area contributed by atoms with Crippen LogP contribution in [0.5, 0.6) is 0 Å². The molecule has 0 spiro atoms. The fourth-order valence-electron chi connectivity index (χ4n) is 2.35. The highest BCUT2D eigenvalue weighted by molar-refractivity contribution is 8.38. The molecule has 3 nitrogen and oxygen atoms in total. The van der Waals surface area contributed by atoms with Gasteiger partial charge < -0.3 is 4.42 Å². The molecular weight excluding hydrogens is 343 g/mol. The number of benzene rings is 2. The number of nitrogens with zero attached hydrogens (tertiary/aromatic N) is 2. The standard InChI is InChI=1S/C18H13FN2OS2/c19-14-6-3-5-12(8-14)17-20-15(9-22-17)11-24-18-21-16-7-2-1-4-13(16)10-23-18/h1-9H,10-11H2. The molecule has 6 heteroatoms. The lowest BCUT2D eigenvalue weighted by atomic mass is 10.2.